The minimum Gasteiger partial charge on any atom is -0.299 e. The number of hydrogen-bond acceptors (Lipinski definition) is 1. The average Bonchev–Trinajstić information content (AvgIpc) is 2.58. The number of nitrogens with zero attached hydrogens (tertiary/aromatic N) is 1. The second-order valence-electron chi connectivity index (χ2n) is 5.51. The summed E-state index contributed by atoms with van der Waals surface area (Å²) >= 11 is 0. The molecule has 0 bridgehead atoms. The topological polar surface area (TPSA) is 37.8 Å². The number of H-pyrrole nitrogens is 1. The van der Waals surface area contributed by atoms with E-state index in [1.165, 1.54) is 24.0 Å². The number of aromatic amines is 1. The molecular formula is C16H20N2O. The van der Waals surface area contributed by atoms with Gasteiger partial charge in [0.1, 0.15) is 0 Å². The molecule has 1 aromatic heterocycles. The fourth-order valence-corrected chi connectivity index (χ4v) is 2.92. The summed E-state index contributed by atoms with van der Waals surface area (Å²) in [6.45, 7) is 2.73. The summed E-state index contributed by atoms with van der Waals surface area (Å²) in [5.41, 5.74) is 4.77. The number of benzene rings is 1. The van der Waals surface area contributed by atoms with Gasteiger partial charge in [0, 0.05) is 11.3 Å². The highest BCUT2D eigenvalue weighted by molar-refractivity contribution is 5.24. The van der Waals surface area contributed by atoms with Crippen molar-refractivity contribution in [3.8, 4) is 0 Å². The normalized spacial score (nSPS) is 15.0. The number of fused-ring (bicyclic) bond motifs is 1. The molecule has 3 nitrogen and oxygen atoms in total. The standard InChI is InChI=1S/C16H20N2O/c1-12-6-5-7-13(10-12)11-18-16(19)14-8-3-2-4-9-15(14)17-18/h5-7,10,17H,2-4,8-9,11H2,1H3. The Labute approximate surface area is 113 Å². The van der Waals surface area contributed by atoms with E-state index in [1.807, 2.05) is 6.07 Å². The molecule has 1 aromatic carbocycles. The van der Waals surface area contributed by atoms with Crippen LogP contribution >= 0.6 is 0 Å². The molecular weight excluding hydrogens is 236 g/mol. The Morgan fingerprint density at radius 3 is 2.89 bits per heavy atom. The van der Waals surface area contributed by atoms with Crippen molar-refractivity contribution in [1.29, 1.82) is 0 Å². The molecule has 0 spiro atoms. The number of rotatable bonds is 2. The molecule has 0 saturated carbocycles. The van der Waals surface area contributed by atoms with E-state index in [-0.39, 0.29) is 5.56 Å². The molecule has 1 aliphatic carbocycles. The highest BCUT2D eigenvalue weighted by Gasteiger charge is 2.16. The summed E-state index contributed by atoms with van der Waals surface area (Å²) in [7, 11) is 0. The van der Waals surface area contributed by atoms with Crippen molar-refractivity contribution in [2.24, 2.45) is 0 Å². The van der Waals surface area contributed by atoms with Crippen molar-refractivity contribution in [2.45, 2.75) is 45.6 Å². The van der Waals surface area contributed by atoms with Gasteiger partial charge in [-0.3, -0.25) is 9.89 Å². The van der Waals surface area contributed by atoms with E-state index < -0.39 is 0 Å². The van der Waals surface area contributed by atoms with Crippen LogP contribution in [0.25, 0.3) is 0 Å². The lowest BCUT2D eigenvalue weighted by Gasteiger charge is -2.04. The Hall–Kier alpha value is -1.77. The summed E-state index contributed by atoms with van der Waals surface area (Å²) in [6.07, 6.45) is 5.53. The maximum absolute atomic E-state index is 12.4. The van der Waals surface area contributed by atoms with Crippen molar-refractivity contribution in [2.75, 3.05) is 0 Å². The van der Waals surface area contributed by atoms with Gasteiger partial charge in [0.2, 0.25) is 0 Å². The van der Waals surface area contributed by atoms with Gasteiger partial charge < -0.3 is 0 Å². The Morgan fingerprint density at radius 2 is 2.05 bits per heavy atom. The molecule has 0 atom stereocenters. The third-order valence-corrected chi connectivity index (χ3v) is 3.91. The van der Waals surface area contributed by atoms with E-state index >= 15 is 0 Å². The van der Waals surface area contributed by atoms with Crippen LogP contribution in [-0.4, -0.2) is 9.78 Å². The first-order valence-electron chi connectivity index (χ1n) is 7.10. The second kappa shape index (κ2) is 5.08. The molecule has 1 N–H and O–H groups in total. The van der Waals surface area contributed by atoms with Crippen LogP contribution in [-0.2, 0) is 19.4 Å². The molecule has 100 valence electrons. The van der Waals surface area contributed by atoms with Crippen LogP contribution in [0.4, 0.5) is 0 Å². The molecule has 2 aromatic rings. The van der Waals surface area contributed by atoms with Gasteiger partial charge in [0.15, 0.2) is 0 Å². The van der Waals surface area contributed by atoms with Gasteiger partial charge in [0.25, 0.3) is 5.56 Å². The van der Waals surface area contributed by atoms with Gasteiger partial charge in [-0.15, -0.1) is 0 Å². The van der Waals surface area contributed by atoms with Crippen molar-refractivity contribution in [3.63, 3.8) is 0 Å². The van der Waals surface area contributed by atoms with Crippen LogP contribution in [0, 0.1) is 6.92 Å². The summed E-state index contributed by atoms with van der Waals surface area (Å²) in [6, 6.07) is 8.34. The molecule has 0 amide bonds. The largest absolute Gasteiger partial charge is 0.299 e. The minimum absolute atomic E-state index is 0.179. The molecule has 19 heavy (non-hydrogen) atoms. The van der Waals surface area contributed by atoms with Crippen LogP contribution in [0.5, 0.6) is 0 Å². The predicted octanol–water partition coefficient (Wildman–Crippen LogP) is 2.80. The zero-order chi connectivity index (χ0) is 13.2. The van der Waals surface area contributed by atoms with Crippen molar-refractivity contribution in [1.82, 2.24) is 9.78 Å². The lowest BCUT2D eigenvalue weighted by atomic mass is 10.1. The third kappa shape index (κ3) is 2.50. The number of aromatic nitrogens is 2. The Bertz CT molecular complexity index is 636. The molecule has 3 rings (SSSR count). The lowest BCUT2D eigenvalue weighted by Crippen LogP contribution is -2.19. The Morgan fingerprint density at radius 1 is 1.21 bits per heavy atom. The lowest BCUT2D eigenvalue weighted by molar-refractivity contribution is 0.630. The quantitative estimate of drug-likeness (QED) is 0.824. The molecule has 3 heteroatoms. The summed E-state index contributed by atoms with van der Waals surface area (Å²) < 4.78 is 1.77. The van der Waals surface area contributed by atoms with Crippen molar-refractivity contribution >= 4 is 0 Å². The first kappa shape index (κ1) is 12.3. The van der Waals surface area contributed by atoms with E-state index in [0.717, 1.165) is 30.5 Å². The molecule has 1 aliphatic rings. The van der Waals surface area contributed by atoms with E-state index in [4.69, 9.17) is 0 Å². The monoisotopic (exact) mass is 256 g/mol. The van der Waals surface area contributed by atoms with Crippen molar-refractivity contribution in [3.05, 3.63) is 57.0 Å². The molecule has 1 heterocycles. The number of nitrogens with one attached hydrogen (secondary N) is 1. The van der Waals surface area contributed by atoms with E-state index in [9.17, 15) is 4.79 Å². The fraction of sp³-hybridized carbons (Fsp3) is 0.438. The van der Waals surface area contributed by atoms with E-state index in [1.54, 1.807) is 4.68 Å². The van der Waals surface area contributed by atoms with Crippen LogP contribution in [0.1, 0.15) is 41.6 Å². The van der Waals surface area contributed by atoms with Crippen molar-refractivity contribution < 1.29 is 0 Å². The Kier molecular flexibility index (Phi) is 3.28. The molecule has 0 fully saturated rings. The van der Waals surface area contributed by atoms with Crippen LogP contribution in [0.2, 0.25) is 0 Å². The molecule has 0 aliphatic heterocycles. The predicted molar refractivity (Wildman–Crippen MR) is 76.6 cm³/mol. The molecule has 0 saturated heterocycles. The maximum Gasteiger partial charge on any atom is 0.270 e. The highest BCUT2D eigenvalue weighted by Crippen LogP contribution is 2.16. The van der Waals surface area contributed by atoms with Crippen LogP contribution in [0.15, 0.2) is 29.1 Å². The number of aryl methyl sites for hydroxylation is 2. The van der Waals surface area contributed by atoms with Gasteiger partial charge in [0.05, 0.1) is 6.54 Å². The Balaban J connectivity index is 1.92. The minimum atomic E-state index is 0.179. The highest BCUT2D eigenvalue weighted by atomic mass is 16.1. The fourth-order valence-electron chi connectivity index (χ4n) is 2.92. The van der Waals surface area contributed by atoms with E-state index in [0.29, 0.717) is 6.54 Å². The van der Waals surface area contributed by atoms with E-state index in [2.05, 4.69) is 30.2 Å². The van der Waals surface area contributed by atoms with Gasteiger partial charge in [-0.1, -0.05) is 36.2 Å². The molecule has 0 unspecified atom stereocenters. The first-order valence-corrected chi connectivity index (χ1v) is 7.10. The van der Waals surface area contributed by atoms with Gasteiger partial charge in [-0.05, 0) is 38.2 Å². The van der Waals surface area contributed by atoms with Gasteiger partial charge >= 0.3 is 0 Å². The molecule has 0 radical (unpaired) electrons. The summed E-state index contributed by atoms with van der Waals surface area (Å²) in [5, 5.41) is 3.31. The average molecular weight is 256 g/mol. The summed E-state index contributed by atoms with van der Waals surface area (Å²) in [5.74, 6) is 0. The smallest absolute Gasteiger partial charge is 0.270 e. The van der Waals surface area contributed by atoms with Crippen LogP contribution in [0.3, 0.4) is 0 Å². The first-order chi connectivity index (χ1) is 9.24. The van der Waals surface area contributed by atoms with Gasteiger partial charge in [-0.25, -0.2) is 4.68 Å². The zero-order valence-electron chi connectivity index (χ0n) is 11.4. The zero-order valence-corrected chi connectivity index (χ0v) is 11.4. The van der Waals surface area contributed by atoms with Gasteiger partial charge in [-0.2, -0.15) is 0 Å². The maximum atomic E-state index is 12.4. The van der Waals surface area contributed by atoms with Crippen LogP contribution < -0.4 is 5.56 Å². The summed E-state index contributed by atoms with van der Waals surface area (Å²) in [4.78, 5) is 12.4. The SMILES string of the molecule is Cc1cccc(Cn2[nH]c3c(c2=O)CCCCC3)c1. The third-order valence-electron chi connectivity index (χ3n) is 3.91. The second-order valence-corrected chi connectivity index (χ2v) is 5.51. The number of hydrogen-bond donors (Lipinski definition) is 1.